The van der Waals surface area contributed by atoms with E-state index in [-0.39, 0.29) is 0 Å². The first-order chi connectivity index (χ1) is 7.93. The SMILES string of the molecule is CCN(CC1CC1)CC(C)(C)CNCC(C)C. The molecule has 1 aliphatic carbocycles. The lowest BCUT2D eigenvalue weighted by atomic mass is 9.92. The molecule has 1 saturated carbocycles. The average Bonchev–Trinajstić information content (AvgIpc) is 2.99. The molecule has 1 N–H and O–H groups in total. The lowest BCUT2D eigenvalue weighted by molar-refractivity contribution is 0.174. The van der Waals surface area contributed by atoms with Gasteiger partial charge >= 0.3 is 0 Å². The molecule has 0 spiro atoms. The van der Waals surface area contributed by atoms with Crippen LogP contribution < -0.4 is 5.32 Å². The van der Waals surface area contributed by atoms with E-state index in [4.69, 9.17) is 0 Å². The maximum absolute atomic E-state index is 3.60. The van der Waals surface area contributed by atoms with E-state index >= 15 is 0 Å². The quantitative estimate of drug-likeness (QED) is 0.666. The summed E-state index contributed by atoms with van der Waals surface area (Å²) in [7, 11) is 0. The summed E-state index contributed by atoms with van der Waals surface area (Å²) in [6, 6.07) is 0. The minimum absolute atomic E-state index is 0.389. The minimum atomic E-state index is 0.389. The van der Waals surface area contributed by atoms with E-state index in [2.05, 4.69) is 44.8 Å². The third-order valence-electron chi connectivity index (χ3n) is 3.47. The Kier molecular flexibility index (Phi) is 5.94. The van der Waals surface area contributed by atoms with Crippen LogP contribution in [0.3, 0.4) is 0 Å². The van der Waals surface area contributed by atoms with Crippen LogP contribution >= 0.6 is 0 Å². The van der Waals surface area contributed by atoms with E-state index < -0.39 is 0 Å². The molecule has 2 heteroatoms. The van der Waals surface area contributed by atoms with E-state index in [1.165, 1.54) is 32.5 Å². The third kappa shape index (κ3) is 7.05. The smallest absolute Gasteiger partial charge is 0.00448 e. The van der Waals surface area contributed by atoms with Crippen molar-refractivity contribution in [2.75, 3.05) is 32.7 Å². The zero-order valence-corrected chi connectivity index (χ0v) is 12.6. The van der Waals surface area contributed by atoms with Gasteiger partial charge in [0.15, 0.2) is 0 Å². The number of nitrogens with zero attached hydrogens (tertiary/aromatic N) is 1. The molecule has 102 valence electrons. The fraction of sp³-hybridized carbons (Fsp3) is 1.00. The van der Waals surface area contributed by atoms with Gasteiger partial charge in [0.1, 0.15) is 0 Å². The van der Waals surface area contributed by atoms with Crippen molar-refractivity contribution in [3.8, 4) is 0 Å². The number of hydrogen-bond acceptors (Lipinski definition) is 2. The first-order valence-electron chi connectivity index (χ1n) is 7.36. The molecular weight excluding hydrogens is 208 g/mol. The van der Waals surface area contributed by atoms with Crippen molar-refractivity contribution in [3.05, 3.63) is 0 Å². The number of nitrogens with one attached hydrogen (secondary N) is 1. The second-order valence-electron chi connectivity index (χ2n) is 6.96. The summed E-state index contributed by atoms with van der Waals surface area (Å²) in [5, 5.41) is 3.60. The van der Waals surface area contributed by atoms with E-state index in [9.17, 15) is 0 Å². The van der Waals surface area contributed by atoms with Gasteiger partial charge in [-0.25, -0.2) is 0 Å². The first-order valence-corrected chi connectivity index (χ1v) is 7.36. The van der Waals surface area contributed by atoms with Gasteiger partial charge in [-0.1, -0.05) is 34.6 Å². The highest BCUT2D eigenvalue weighted by Crippen LogP contribution is 2.30. The second kappa shape index (κ2) is 6.75. The Balaban J connectivity index is 2.24. The van der Waals surface area contributed by atoms with Crippen LogP contribution in [0.15, 0.2) is 0 Å². The topological polar surface area (TPSA) is 15.3 Å². The molecular formula is C15H32N2. The zero-order chi connectivity index (χ0) is 12.9. The van der Waals surface area contributed by atoms with Gasteiger partial charge in [-0.3, -0.25) is 0 Å². The molecule has 0 radical (unpaired) electrons. The summed E-state index contributed by atoms with van der Waals surface area (Å²) >= 11 is 0. The lowest BCUT2D eigenvalue weighted by Crippen LogP contribution is -2.42. The molecule has 0 bridgehead atoms. The lowest BCUT2D eigenvalue weighted by Gasteiger charge is -2.32. The molecule has 0 aromatic heterocycles. The molecule has 0 aromatic rings. The molecule has 1 aliphatic rings. The van der Waals surface area contributed by atoms with E-state index in [1.54, 1.807) is 0 Å². The monoisotopic (exact) mass is 240 g/mol. The molecule has 17 heavy (non-hydrogen) atoms. The summed E-state index contributed by atoms with van der Waals surface area (Å²) < 4.78 is 0. The molecule has 1 fully saturated rings. The molecule has 0 atom stereocenters. The fourth-order valence-corrected chi connectivity index (χ4v) is 2.33. The first kappa shape index (κ1) is 15.0. The van der Waals surface area contributed by atoms with Crippen molar-refractivity contribution in [2.45, 2.75) is 47.5 Å². The van der Waals surface area contributed by atoms with Gasteiger partial charge < -0.3 is 10.2 Å². The summed E-state index contributed by atoms with van der Waals surface area (Å²) in [6.45, 7) is 17.6. The van der Waals surface area contributed by atoms with Crippen molar-refractivity contribution in [2.24, 2.45) is 17.3 Å². The predicted octanol–water partition coefficient (Wildman–Crippen LogP) is 2.99. The molecule has 0 heterocycles. The maximum atomic E-state index is 3.60. The second-order valence-corrected chi connectivity index (χ2v) is 6.96. The molecule has 0 amide bonds. The summed E-state index contributed by atoms with van der Waals surface area (Å²) in [5.74, 6) is 1.76. The van der Waals surface area contributed by atoms with Gasteiger partial charge in [-0.2, -0.15) is 0 Å². The van der Waals surface area contributed by atoms with Crippen molar-refractivity contribution in [1.29, 1.82) is 0 Å². The summed E-state index contributed by atoms with van der Waals surface area (Å²) in [5.41, 5.74) is 0.389. The Labute approximate surface area is 108 Å². The van der Waals surface area contributed by atoms with Crippen LogP contribution in [-0.2, 0) is 0 Å². The fourth-order valence-electron chi connectivity index (χ4n) is 2.33. The molecule has 2 nitrogen and oxygen atoms in total. The van der Waals surface area contributed by atoms with Crippen molar-refractivity contribution in [3.63, 3.8) is 0 Å². The standard InChI is InChI=1S/C15H32N2/c1-6-17(10-14-7-8-14)12-15(4,5)11-16-9-13(2)3/h13-14,16H,6-12H2,1-5H3. The van der Waals surface area contributed by atoms with E-state index in [1.807, 2.05) is 0 Å². The van der Waals surface area contributed by atoms with Crippen LogP contribution in [-0.4, -0.2) is 37.6 Å². The average molecular weight is 240 g/mol. The third-order valence-corrected chi connectivity index (χ3v) is 3.47. The van der Waals surface area contributed by atoms with Gasteiger partial charge in [0.2, 0.25) is 0 Å². The van der Waals surface area contributed by atoms with Gasteiger partial charge in [0.25, 0.3) is 0 Å². The Morgan fingerprint density at radius 1 is 1.29 bits per heavy atom. The van der Waals surface area contributed by atoms with E-state index in [0.29, 0.717) is 5.41 Å². The number of rotatable bonds is 9. The molecule has 0 saturated heterocycles. The Morgan fingerprint density at radius 3 is 2.41 bits per heavy atom. The predicted molar refractivity (Wildman–Crippen MR) is 76.3 cm³/mol. The van der Waals surface area contributed by atoms with Gasteiger partial charge in [0, 0.05) is 19.6 Å². The summed E-state index contributed by atoms with van der Waals surface area (Å²) in [6.07, 6.45) is 2.92. The van der Waals surface area contributed by atoms with Crippen LogP contribution in [0.4, 0.5) is 0 Å². The zero-order valence-electron chi connectivity index (χ0n) is 12.6. The minimum Gasteiger partial charge on any atom is -0.316 e. The van der Waals surface area contributed by atoms with Crippen LogP contribution in [0, 0.1) is 17.3 Å². The molecule has 1 rings (SSSR count). The highest BCUT2D eigenvalue weighted by atomic mass is 15.1. The van der Waals surface area contributed by atoms with Crippen LogP contribution in [0.2, 0.25) is 0 Å². The van der Waals surface area contributed by atoms with Crippen molar-refractivity contribution in [1.82, 2.24) is 10.2 Å². The highest BCUT2D eigenvalue weighted by molar-refractivity contribution is 4.81. The van der Waals surface area contributed by atoms with Gasteiger partial charge in [-0.05, 0) is 43.2 Å². The van der Waals surface area contributed by atoms with Gasteiger partial charge in [-0.15, -0.1) is 0 Å². The highest BCUT2D eigenvalue weighted by Gasteiger charge is 2.27. The Bertz CT molecular complexity index is 207. The van der Waals surface area contributed by atoms with E-state index in [0.717, 1.165) is 24.9 Å². The molecule has 0 aliphatic heterocycles. The van der Waals surface area contributed by atoms with Crippen molar-refractivity contribution >= 4 is 0 Å². The Hall–Kier alpha value is -0.0800. The molecule has 0 aromatic carbocycles. The van der Waals surface area contributed by atoms with Gasteiger partial charge in [0.05, 0.1) is 0 Å². The summed E-state index contributed by atoms with van der Waals surface area (Å²) in [4.78, 5) is 2.63. The van der Waals surface area contributed by atoms with Crippen molar-refractivity contribution < 1.29 is 0 Å². The Morgan fingerprint density at radius 2 is 1.94 bits per heavy atom. The van der Waals surface area contributed by atoms with Crippen LogP contribution in [0.5, 0.6) is 0 Å². The normalized spacial score (nSPS) is 17.1. The van der Waals surface area contributed by atoms with Crippen LogP contribution in [0.1, 0.15) is 47.5 Å². The van der Waals surface area contributed by atoms with Crippen LogP contribution in [0.25, 0.3) is 0 Å². The maximum Gasteiger partial charge on any atom is 0.00448 e. The number of hydrogen-bond donors (Lipinski definition) is 1. The largest absolute Gasteiger partial charge is 0.316 e. The molecule has 0 unspecified atom stereocenters.